The molecule has 1 aliphatic rings. The average molecular weight is 279 g/mol. The minimum atomic E-state index is 0.342. The van der Waals surface area contributed by atoms with Crippen molar-refractivity contribution in [2.45, 2.75) is 64.5 Å². The SMILES string of the molecule is CCn1ncc(OC)c1C(CCC1CCCCC1)NC. The third-order valence-corrected chi connectivity index (χ3v) is 4.63. The highest BCUT2D eigenvalue weighted by atomic mass is 16.5. The Kier molecular flexibility index (Phi) is 5.89. The van der Waals surface area contributed by atoms with E-state index in [2.05, 4.69) is 22.0 Å². The van der Waals surface area contributed by atoms with Gasteiger partial charge in [0.25, 0.3) is 0 Å². The molecule has 0 spiro atoms. The predicted molar refractivity (Wildman–Crippen MR) is 82.1 cm³/mol. The number of aryl methyl sites for hydroxylation is 1. The Balaban J connectivity index is 2.01. The van der Waals surface area contributed by atoms with E-state index in [4.69, 9.17) is 4.74 Å². The molecule has 1 aliphatic carbocycles. The largest absolute Gasteiger partial charge is 0.493 e. The van der Waals surface area contributed by atoms with Crippen molar-refractivity contribution in [1.29, 1.82) is 0 Å². The summed E-state index contributed by atoms with van der Waals surface area (Å²) < 4.78 is 7.54. The first-order chi connectivity index (χ1) is 9.80. The summed E-state index contributed by atoms with van der Waals surface area (Å²) >= 11 is 0. The van der Waals surface area contributed by atoms with Crippen LogP contribution in [0.1, 0.15) is 63.6 Å². The number of hydrogen-bond donors (Lipinski definition) is 1. The fourth-order valence-electron chi connectivity index (χ4n) is 3.43. The number of rotatable bonds is 7. The van der Waals surface area contributed by atoms with E-state index < -0.39 is 0 Å². The number of nitrogens with zero attached hydrogens (tertiary/aromatic N) is 2. The van der Waals surface area contributed by atoms with E-state index in [9.17, 15) is 0 Å². The van der Waals surface area contributed by atoms with Gasteiger partial charge in [-0.2, -0.15) is 5.10 Å². The summed E-state index contributed by atoms with van der Waals surface area (Å²) in [6.07, 6.45) is 11.4. The number of methoxy groups -OCH3 is 1. The molecule has 1 saturated carbocycles. The lowest BCUT2D eigenvalue weighted by molar-refractivity contribution is 0.310. The molecule has 0 amide bonds. The molecule has 1 N–H and O–H groups in total. The third-order valence-electron chi connectivity index (χ3n) is 4.63. The van der Waals surface area contributed by atoms with Crippen LogP contribution in [0.15, 0.2) is 6.20 Å². The zero-order chi connectivity index (χ0) is 14.4. The summed E-state index contributed by atoms with van der Waals surface area (Å²) in [5, 5.41) is 7.87. The molecule has 1 unspecified atom stereocenters. The molecule has 1 atom stereocenters. The van der Waals surface area contributed by atoms with Crippen molar-refractivity contribution >= 4 is 0 Å². The zero-order valence-corrected chi connectivity index (χ0v) is 13.2. The molecule has 2 rings (SSSR count). The second-order valence-corrected chi connectivity index (χ2v) is 5.84. The van der Waals surface area contributed by atoms with E-state index in [1.807, 2.05) is 13.2 Å². The van der Waals surface area contributed by atoms with Gasteiger partial charge in [-0.15, -0.1) is 0 Å². The van der Waals surface area contributed by atoms with E-state index in [0.29, 0.717) is 6.04 Å². The first-order valence-corrected chi connectivity index (χ1v) is 8.07. The fourth-order valence-corrected chi connectivity index (χ4v) is 3.43. The summed E-state index contributed by atoms with van der Waals surface area (Å²) in [4.78, 5) is 0. The van der Waals surface area contributed by atoms with Gasteiger partial charge in [0, 0.05) is 6.54 Å². The number of ether oxygens (including phenoxy) is 1. The van der Waals surface area contributed by atoms with Crippen LogP contribution in [0.5, 0.6) is 5.75 Å². The van der Waals surface area contributed by atoms with E-state index in [0.717, 1.165) is 18.2 Å². The second kappa shape index (κ2) is 7.67. The summed E-state index contributed by atoms with van der Waals surface area (Å²) in [6.45, 7) is 3.02. The van der Waals surface area contributed by atoms with Gasteiger partial charge in [0.15, 0.2) is 5.75 Å². The van der Waals surface area contributed by atoms with Crippen LogP contribution in [-0.2, 0) is 6.54 Å². The smallest absolute Gasteiger partial charge is 0.161 e. The maximum atomic E-state index is 5.48. The lowest BCUT2D eigenvalue weighted by Gasteiger charge is -2.25. The van der Waals surface area contributed by atoms with Crippen molar-refractivity contribution in [3.8, 4) is 5.75 Å². The topological polar surface area (TPSA) is 39.1 Å². The Morgan fingerprint density at radius 2 is 2.15 bits per heavy atom. The molecule has 1 fully saturated rings. The molecule has 20 heavy (non-hydrogen) atoms. The minimum absolute atomic E-state index is 0.342. The molecular weight excluding hydrogens is 250 g/mol. The van der Waals surface area contributed by atoms with Crippen LogP contribution in [0.2, 0.25) is 0 Å². The lowest BCUT2D eigenvalue weighted by Crippen LogP contribution is -2.22. The molecular formula is C16H29N3O. The number of aromatic nitrogens is 2. The van der Waals surface area contributed by atoms with Gasteiger partial charge in [-0.3, -0.25) is 4.68 Å². The van der Waals surface area contributed by atoms with Gasteiger partial charge in [0.2, 0.25) is 0 Å². The highest BCUT2D eigenvalue weighted by Crippen LogP contribution is 2.33. The lowest BCUT2D eigenvalue weighted by atomic mass is 9.85. The van der Waals surface area contributed by atoms with Gasteiger partial charge >= 0.3 is 0 Å². The third kappa shape index (κ3) is 3.54. The molecule has 4 heteroatoms. The fraction of sp³-hybridized carbons (Fsp3) is 0.812. The maximum Gasteiger partial charge on any atom is 0.161 e. The highest BCUT2D eigenvalue weighted by Gasteiger charge is 2.22. The Morgan fingerprint density at radius 1 is 1.40 bits per heavy atom. The van der Waals surface area contributed by atoms with Crippen LogP contribution in [0.4, 0.5) is 0 Å². The normalized spacial score (nSPS) is 18.1. The van der Waals surface area contributed by atoms with Crippen molar-refractivity contribution in [3.05, 3.63) is 11.9 Å². The quantitative estimate of drug-likeness (QED) is 0.830. The average Bonchev–Trinajstić information content (AvgIpc) is 2.92. The summed E-state index contributed by atoms with van der Waals surface area (Å²) in [6, 6.07) is 0.342. The number of hydrogen-bond acceptors (Lipinski definition) is 3. The molecule has 114 valence electrons. The van der Waals surface area contributed by atoms with Gasteiger partial charge in [-0.1, -0.05) is 32.1 Å². The molecule has 1 aromatic rings. The van der Waals surface area contributed by atoms with Gasteiger partial charge in [0.05, 0.1) is 25.0 Å². The summed E-state index contributed by atoms with van der Waals surface area (Å²) in [5.41, 5.74) is 1.20. The van der Waals surface area contributed by atoms with Crippen molar-refractivity contribution in [2.24, 2.45) is 5.92 Å². The van der Waals surface area contributed by atoms with Crippen molar-refractivity contribution in [2.75, 3.05) is 14.2 Å². The standard InChI is InChI=1S/C16H29N3O/c1-4-19-16(15(20-3)12-18-19)14(17-2)11-10-13-8-6-5-7-9-13/h12-14,17H,4-11H2,1-3H3. The zero-order valence-electron chi connectivity index (χ0n) is 13.2. The maximum absolute atomic E-state index is 5.48. The molecule has 0 saturated heterocycles. The van der Waals surface area contributed by atoms with E-state index >= 15 is 0 Å². The van der Waals surface area contributed by atoms with Gasteiger partial charge < -0.3 is 10.1 Å². The molecule has 0 aliphatic heterocycles. The van der Waals surface area contributed by atoms with Crippen LogP contribution < -0.4 is 10.1 Å². The molecule has 0 bridgehead atoms. The monoisotopic (exact) mass is 279 g/mol. The molecule has 0 radical (unpaired) electrons. The van der Waals surface area contributed by atoms with E-state index in [1.165, 1.54) is 50.6 Å². The molecule has 1 aromatic heterocycles. The van der Waals surface area contributed by atoms with Crippen LogP contribution in [0, 0.1) is 5.92 Å². The Bertz CT molecular complexity index is 375. The summed E-state index contributed by atoms with van der Waals surface area (Å²) in [5.74, 6) is 1.83. The predicted octanol–water partition coefficient (Wildman–Crippen LogP) is 3.53. The van der Waals surface area contributed by atoms with Crippen molar-refractivity contribution in [1.82, 2.24) is 15.1 Å². The second-order valence-electron chi connectivity index (χ2n) is 5.84. The highest BCUT2D eigenvalue weighted by molar-refractivity contribution is 5.28. The Hall–Kier alpha value is -1.03. The van der Waals surface area contributed by atoms with Gasteiger partial charge in [0.1, 0.15) is 0 Å². The van der Waals surface area contributed by atoms with Crippen LogP contribution in [0.25, 0.3) is 0 Å². The van der Waals surface area contributed by atoms with Crippen molar-refractivity contribution in [3.63, 3.8) is 0 Å². The first kappa shape index (κ1) is 15.4. The Labute approximate surface area is 122 Å². The van der Waals surface area contributed by atoms with E-state index in [-0.39, 0.29) is 0 Å². The summed E-state index contributed by atoms with van der Waals surface area (Å²) in [7, 11) is 3.77. The van der Waals surface area contributed by atoms with Crippen LogP contribution >= 0.6 is 0 Å². The van der Waals surface area contributed by atoms with Crippen LogP contribution in [0.3, 0.4) is 0 Å². The molecule has 4 nitrogen and oxygen atoms in total. The minimum Gasteiger partial charge on any atom is -0.493 e. The first-order valence-electron chi connectivity index (χ1n) is 8.07. The van der Waals surface area contributed by atoms with E-state index in [1.54, 1.807) is 7.11 Å². The van der Waals surface area contributed by atoms with Gasteiger partial charge in [-0.05, 0) is 32.7 Å². The van der Waals surface area contributed by atoms with Crippen molar-refractivity contribution < 1.29 is 4.74 Å². The molecule has 1 heterocycles. The van der Waals surface area contributed by atoms with Gasteiger partial charge in [-0.25, -0.2) is 0 Å². The Morgan fingerprint density at radius 3 is 2.75 bits per heavy atom. The number of nitrogens with one attached hydrogen (secondary N) is 1. The molecule has 0 aromatic carbocycles. The van der Waals surface area contributed by atoms with Crippen LogP contribution in [-0.4, -0.2) is 23.9 Å².